The van der Waals surface area contributed by atoms with Crippen LogP contribution in [0.2, 0.25) is 5.02 Å². The Hall–Kier alpha value is -1.39. The van der Waals surface area contributed by atoms with Crippen molar-refractivity contribution in [3.8, 4) is 0 Å². The van der Waals surface area contributed by atoms with Gasteiger partial charge in [-0.25, -0.2) is 4.98 Å². The summed E-state index contributed by atoms with van der Waals surface area (Å²) >= 11 is 7.70. The summed E-state index contributed by atoms with van der Waals surface area (Å²) in [5.74, 6) is -0.0980. The van der Waals surface area contributed by atoms with Crippen LogP contribution in [0.25, 0.3) is 0 Å². The largest absolute Gasteiger partial charge is 0.324 e. The second-order valence-corrected chi connectivity index (χ2v) is 5.99. The first kappa shape index (κ1) is 14.0. The second kappa shape index (κ2) is 5.72. The highest BCUT2D eigenvalue weighted by Gasteiger charge is 2.11. The van der Waals surface area contributed by atoms with Crippen LogP contribution in [-0.4, -0.2) is 10.9 Å². The fourth-order valence-corrected chi connectivity index (χ4v) is 2.89. The highest BCUT2D eigenvalue weighted by molar-refractivity contribution is 7.09. The van der Waals surface area contributed by atoms with Gasteiger partial charge in [-0.2, -0.15) is 0 Å². The van der Waals surface area contributed by atoms with E-state index in [0.29, 0.717) is 10.7 Å². The van der Waals surface area contributed by atoms with E-state index in [1.807, 2.05) is 38.3 Å². The summed E-state index contributed by atoms with van der Waals surface area (Å²) in [5, 5.41) is 6.29. The maximum atomic E-state index is 12.0. The van der Waals surface area contributed by atoms with Crippen LogP contribution in [0.5, 0.6) is 0 Å². The molecule has 0 bridgehead atoms. The van der Waals surface area contributed by atoms with E-state index in [0.717, 1.165) is 21.8 Å². The van der Waals surface area contributed by atoms with E-state index in [9.17, 15) is 4.79 Å². The van der Waals surface area contributed by atoms with Gasteiger partial charge in [-0.15, -0.1) is 11.3 Å². The van der Waals surface area contributed by atoms with Gasteiger partial charge >= 0.3 is 0 Å². The molecule has 100 valence electrons. The van der Waals surface area contributed by atoms with Gasteiger partial charge in [0.2, 0.25) is 5.91 Å². The van der Waals surface area contributed by atoms with E-state index < -0.39 is 0 Å². The molecule has 0 aliphatic rings. The minimum absolute atomic E-state index is 0.0980. The number of amides is 1. The van der Waals surface area contributed by atoms with E-state index in [1.165, 1.54) is 0 Å². The number of nitrogens with one attached hydrogen (secondary N) is 1. The molecule has 0 unspecified atom stereocenters. The average Bonchev–Trinajstić information content (AvgIpc) is 2.69. The van der Waals surface area contributed by atoms with Crippen molar-refractivity contribution in [2.75, 3.05) is 5.32 Å². The van der Waals surface area contributed by atoms with Crippen molar-refractivity contribution in [3.05, 3.63) is 44.4 Å². The minimum Gasteiger partial charge on any atom is -0.324 e. The van der Waals surface area contributed by atoms with Crippen molar-refractivity contribution in [2.45, 2.75) is 27.2 Å². The van der Waals surface area contributed by atoms with Gasteiger partial charge in [0.05, 0.1) is 27.8 Å². The average molecular weight is 295 g/mol. The second-order valence-electron chi connectivity index (χ2n) is 4.52. The molecule has 0 saturated heterocycles. The number of rotatable bonds is 3. The summed E-state index contributed by atoms with van der Waals surface area (Å²) in [7, 11) is 0. The van der Waals surface area contributed by atoms with Gasteiger partial charge in [-0.3, -0.25) is 4.79 Å². The highest BCUT2D eigenvalue weighted by atomic mass is 35.5. The molecule has 2 aromatic rings. The highest BCUT2D eigenvalue weighted by Crippen LogP contribution is 2.27. The Morgan fingerprint density at radius 1 is 1.37 bits per heavy atom. The first-order valence-electron chi connectivity index (χ1n) is 5.93. The molecular weight excluding hydrogens is 280 g/mol. The van der Waals surface area contributed by atoms with E-state index in [2.05, 4.69) is 10.3 Å². The van der Waals surface area contributed by atoms with Crippen molar-refractivity contribution in [1.29, 1.82) is 0 Å². The van der Waals surface area contributed by atoms with Crippen LogP contribution < -0.4 is 5.32 Å². The summed E-state index contributed by atoms with van der Waals surface area (Å²) in [6, 6.07) is 3.84. The van der Waals surface area contributed by atoms with E-state index in [-0.39, 0.29) is 12.3 Å². The number of halogens is 1. The maximum Gasteiger partial charge on any atom is 0.230 e. The van der Waals surface area contributed by atoms with Gasteiger partial charge in [-0.1, -0.05) is 17.7 Å². The van der Waals surface area contributed by atoms with Crippen LogP contribution >= 0.6 is 22.9 Å². The van der Waals surface area contributed by atoms with E-state index in [1.54, 1.807) is 11.3 Å². The molecule has 1 aromatic heterocycles. The Kier molecular flexibility index (Phi) is 4.22. The molecule has 1 aromatic carbocycles. The zero-order valence-corrected chi connectivity index (χ0v) is 12.7. The molecule has 0 aliphatic heterocycles. The van der Waals surface area contributed by atoms with Gasteiger partial charge in [-0.05, 0) is 38.0 Å². The van der Waals surface area contributed by atoms with Crippen molar-refractivity contribution in [2.24, 2.45) is 0 Å². The molecular formula is C14H15ClN2OS. The van der Waals surface area contributed by atoms with Crippen LogP contribution in [0.4, 0.5) is 5.69 Å². The summed E-state index contributed by atoms with van der Waals surface area (Å²) in [4.78, 5) is 16.3. The summed E-state index contributed by atoms with van der Waals surface area (Å²) in [5.41, 5.74) is 3.52. The predicted octanol–water partition coefficient (Wildman–Crippen LogP) is 3.90. The van der Waals surface area contributed by atoms with Crippen molar-refractivity contribution >= 4 is 34.5 Å². The van der Waals surface area contributed by atoms with E-state index >= 15 is 0 Å². The minimum atomic E-state index is -0.0980. The lowest BCUT2D eigenvalue weighted by molar-refractivity contribution is -0.115. The number of benzene rings is 1. The third kappa shape index (κ3) is 3.55. The number of carbonyl (C=O) groups is 1. The third-order valence-corrected chi connectivity index (χ3v) is 3.82. The molecule has 0 radical (unpaired) electrons. The monoisotopic (exact) mass is 294 g/mol. The Balaban J connectivity index is 2.11. The number of hydrogen-bond acceptors (Lipinski definition) is 3. The molecule has 0 aliphatic carbocycles. The molecule has 0 saturated carbocycles. The fraction of sp³-hybridized carbons (Fsp3) is 0.286. The summed E-state index contributed by atoms with van der Waals surface area (Å²) in [6.07, 6.45) is 0.272. The van der Waals surface area contributed by atoms with Gasteiger partial charge in [0.25, 0.3) is 0 Å². The van der Waals surface area contributed by atoms with Gasteiger partial charge in [0, 0.05) is 5.38 Å². The number of thiazole rings is 1. The van der Waals surface area contributed by atoms with Crippen LogP contribution in [0, 0.1) is 20.8 Å². The molecule has 2 rings (SSSR count). The van der Waals surface area contributed by atoms with Crippen LogP contribution in [0.1, 0.15) is 21.8 Å². The number of carbonyl (C=O) groups excluding carboxylic acids is 1. The topological polar surface area (TPSA) is 42.0 Å². The van der Waals surface area contributed by atoms with Gasteiger partial charge in [0.1, 0.15) is 0 Å². The Morgan fingerprint density at radius 3 is 2.68 bits per heavy atom. The Bertz CT molecular complexity index is 599. The third-order valence-electron chi connectivity index (χ3n) is 2.70. The number of anilines is 1. The van der Waals surface area contributed by atoms with E-state index in [4.69, 9.17) is 11.6 Å². The normalized spacial score (nSPS) is 10.5. The van der Waals surface area contributed by atoms with Gasteiger partial charge < -0.3 is 5.32 Å². The molecule has 0 fully saturated rings. The lowest BCUT2D eigenvalue weighted by Crippen LogP contribution is -2.15. The molecule has 0 atom stereocenters. The Morgan fingerprint density at radius 2 is 2.11 bits per heavy atom. The maximum absolute atomic E-state index is 12.0. The smallest absolute Gasteiger partial charge is 0.230 e. The SMILES string of the molecule is Cc1cc(C)c(NC(=O)Cc2csc(C)n2)c(Cl)c1. The number of aryl methyl sites for hydroxylation is 3. The predicted molar refractivity (Wildman–Crippen MR) is 80.1 cm³/mol. The number of hydrogen-bond donors (Lipinski definition) is 1. The molecule has 1 amide bonds. The lowest BCUT2D eigenvalue weighted by Gasteiger charge is -2.11. The number of aromatic nitrogens is 1. The van der Waals surface area contributed by atoms with Crippen molar-refractivity contribution < 1.29 is 4.79 Å². The quantitative estimate of drug-likeness (QED) is 0.933. The first-order valence-corrected chi connectivity index (χ1v) is 7.19. The van der Waals surface area contributed by atoms with Crippen LogP contribution in [0.15, 0.2) is 17.5 Å². The Labute approximate surface area is 121 Å². The van der Waals surface area contributed by atoms with Crippen LogP contribution in [0.3, 0.4) is 0 Å². The number of nitrogens with zero attached hydrogens (tertiary/aromatic N) is 1. The zero-order valence-electron chi connectivity index (χ0n) is 11.1. The molecule has 1 N–H and O–H groups in total. The fourth-order valence-electron chi connectivity index (χ4n) is 1.91. The molecule has 3 nitrogen and oxygen atoms in total. The first-order chi connectivity index (χ1) is 8.95. The summed E-state index contributed by atoms with van der Waals surface area (Å²) in [6.45, 7) is 5.83. The molecule has 0 spiro atoms. The van der Waals surface area contributed by atoms with Crippen molar-refractivity contribution in [3.63, 3.8) is 0 Å². The lowest BCUT2D eigenvalue weighted by atomic mass is 10.1. The van der Waals surface area contributed by atoms with Crippen molar-refractivity contribution in [1.82, 2.24) is 4.98 Å². The van der Waals surface area contributed by atoms with Crippen LogP contribution in [-0.2, 0) is 11.2 Å². The molecule has 19 heavy (non-hydrogen) atoms. The van der Waals surface area contributed by atoms with Gasteiger partial charge in [0.15, 0.2) is 0 Å². The standard InChI is InChI=1S/C14H15ClN2OS/c1-8-4-9(2)14(12(15)5-8)17-13(18)6-11-7-19-10(3)16-11/h4-5,7H,6H2,1-3H3,(H,17,18). The molecule has 1 heterocycles. The summed E-state index contributed by atoms with van der Waals surface area (Å²) < 4.78 is 0. The zero-order chi connectivity index (χ0) is 14.0. The molecule has 5 heteroatoms.